The molecule has 0 spiro atoms. The lowest BCUT2D eigenvalue weighted by Gasteiger charge is -2.21. The first-order chi connectivity index (χ1) is 13.2. The molecule has 0 N–H and O–H groups in total. The quantitative estimate of drug-likeness (QED) is 0.493. The van der Waals surface area contributed by atoms with E-state index >= 15 is 0 Å². The number of carbonyl (C=O) groups is 2. The predicted octanol–water partition coefficient (Wildman–Crippen LogP) is 1.94. The number of nitrogens with zero attached hydrogens (tertiary/aromatic N) is 3. The SMILES string of the molecule is COC(CN(C)C(=O)C(=O)Cc1ccc(-c2noc(C(F)(F)F)n2)cc1)OC. The van der Waals surface area contributed by atoms with Crippen molar-refractivity contribution in [2.45, 2.75) is 18.9 Å². The summed E-state index contributed by atoms with van der Waals surface area (Å²) >= 11 is 0. The van der Waals surface area contributed by atoms with Crippen LogP contribution in [0, 0.1) is 0 Å². The number of methoxy groups -OCH3 is 2. The molecule has 11 heteroatoms. The molecular formula is C17H18F3N3O5. The molecule has 8 nitrogen and oxygen atoms in total. The zero-order valence-electron chi connectivity index (χ0n) is 15.3. The van der Waals surface area contributed by atoms with E-state index in [0.717, 1.165) is 0 Å². The van der Waals surface area contributed by atoms with Gasteiger partial charge in [0.2, 0.25) is 11.6 Å². The van der Waals surface area contributed by atoms with E-state index < -0.39 is 30.0 Å². The second-order valence-corrected chi connectivity index (χ2v) is 5.80. The van der Waals surface area contributed by atoms with Crippen LogP contribution in [-0.2, 0) is 31.7 Å². The smallest absolute Gasteiger partial charge is 0.354 e. The maximum Gasteiger partial charge on any atom is 0.471 e. The Morgan fingerprint density at radius 2 is 1.79 bits per heavy atom. The van der Waals surface area contributed by atoms with Gasteiger partial charge in [-0.1, -0.05) is 29.4 Å². The molecule has 0 aliphatic heterocycles. The fourth-order valence-electron chi connectivity index (χ4n) is 2.25. The van der Waals surface area contributed by atoms with Crippen LogP contribution in [0.15, 0.2) is 28.8 Å². The van der Waals surface area contributed by atoms with Crippen molar-refractivity contribution >= 4 is 11.7 Å². The number of ether oxygens (including phenoxy) is 2. The first-order valence-electron chi connectivity index (χ1n) is 7.99. The molecule has 0 bridgehead atoms. The van der Waals surface area contributed by atoms with Crippen LogP contribution in [0.5, 0.6) is 0 Å². The Morgan fingerprint density at radius 1 is 1.18 bits per heavy atom. The zero-order valence-corrected chi connectivity index (χ0v) is 15.3. The number of carbonyl (C=O) groups excluding carboxylic acids is 2. The second kappa shape index (κ2) is 8.93. The molecule has 0 unspecified atom stereocenters. The van der Waals surface area contributed by atoms with Crippen LogP contribution in [0.25, 0.3) is 11.4 Å². The number of hydrogen-bond donors (Lipinski definition) is 0. The number of alkyl halides is 3. The summed E-state index contributed by atoms with van der Waals surface area (Å²) < 4.78 is 51.6. The molecule has 0 fully saturated rings. The molecule has 2 aromatic rings. The number of ketones is 1. The summed E-state index contributed by atoms with van der Waals surface area (Å²) in [5.74, 6) is -3.04. The molecule has 28 heavy (non-hydrogen) atoms. The van der Waals surface area contributed by atoms with Crippen LogP contribution in [0.1, 0.15) is 11.5 Å². The third kappa shape index (κ3) is 5.36. The summed E-state index contributed by atoms with van der Waals surface area (Å²) in [5.41, 5.74) is 0.784. The van der Waals surface area contributed by atoms with Crippen LogP contribution >= 0.6 is 0 Å². The predicted molar refractivity (Wildman–Crippen MR) is 88.9 cm³/mol. The van der Waals surface area contributed by atoms with E-state index in [0.29, 0.717) is 5.56 Å². The fourth-order valence-corrected chi connectivity index (χ4v) is 2.25. The third-order valence-electron chi connectivity index (χ3n) is 3.78. The fraction of sp³-hybridized carbons (Fsp3) is 0.412. The number of rotatable bonds is 8. The first-order valence-corrected chi connectivity index (χ1v) is 7.99. The maximum absolute atomic E-state index is 12.5. The van der Waals surface area contributed by atoms with E-state index in [2.05, 4.69) is 14.7 Å². The minimum absolute atomic E-state index is 0.0792. The Balaban J connectivity index is 2.01. The summed E-state index contributed by atoms with van der Waals surface area (Å²) in [6.07, 6.45) is -5.56. The van der Waals surface area contributed by atoms with Gasteiger partial charge in [0, 0.05) is 33.3 Å². The molecule has 0 aliphatic carbocycles. The van der Waals surface area contributed by atoms with Gasteiger partial charge in [-0.3, -0.25) is 9.59 Å². The van der Waals surface area contributed by atoms with Gasteiger partial charge in [-0.15, -0.1) is 0 Å². The van der Waals surface area contributed by atoms with Crippen LogP contribution in [-0.4, -0.2) is 60.8 Å². The van der Waals surface area contributed by atoms with Crippen LogP contribution in [0.2, 0.25) is 0 Å². The number of amides is 1. The summed E-state index contributed by atoms with van der Waals surface area (Å²) in [7, 11) is 4.28. The van der Waals surface area contributed by atoms with Crippen molar-refractivity contribution in [3.8, 4) is 11.4 Å². The zero-order chi connectivity index (χ0) is 20.9. The third-order valence-corrected chi connectivity index (χ3v) is 3.78. The van der Waals surface area contributed by atoms with Crippen molar-refractivity contribution in [3.63, 3.8) is 0 Å². The standard InChI is InChI=1S/C17H18F3N3O5/c1-23(9-13(26-2)27-3)15(25)12(24)8-10-4-6-11(7-5-10)14-21-16(28-22-14)17(18,19)20/h4-7,13H,8-9H2,1-3H3. The van der Waals surface area contributed by atoms with Gasteiger partial charge < -0.3 is 18.9 Å². The Hall–Kier alpha value is -2.79. The largest absolute Gasteiger partial charge is 0.471 e. The lowest BCUT2D eigenvalue weighted by Crippen LogP contribution is -2.40. The number of halogens is 3. The molecule has 2 rings (SSSR count). The topological polar surface area (TPSA) is 94.8 Å². The summed E-state index contributed by atoms with van der Waals surface area (Å²) in [4.78, 5) is 28.7. The minimum atomic E-state index is -4.73. The highest BCUT2D eigenvalue weighted by molar-refractivity contribution is 6.36. The summed E-state index contributed by atoms with van der Waals surface area (Å²) in [6, 6.07) is 5.87. The highest BCUT2D eigenvalue weighted by atomic mass is 19.4. The molecule has 1 aromatic carbocycles. The normalized spacial score (nSPS) is 11.7. The van der Waals surface area contributed by atoms with Gasteiger partial charge in [-0.2, -0.15) is 18.2 Å². The summed E-state index contributed by atoms with van der Waals surface area (Å²) in [6.45, 7) is 0.0792. The van der Waals surface area contributed by atoms with Gasteiger partial charge in [-0.05, 0) is 5.56 Å². The van der Waals surface area contributed by atoms with Gasteiger partial charge >= 0.3 is 12.1 Å². The number of Topliss-reactive ketones (excluding diaryl/α,β-unsaturated/α-hetero) is 1. The molecular weight excluding hydrogens is 383 g/mol. The monoisotopic (exact) mass is 401 g/mol. The lowest BCUT2D eigenvalue weighted by molar-refractivity contribution is -0.159. The first kappa shape index (κ1) is 21.5. The Labute approximate surface area is 158 Å². The number of benzene rings is 1. The van der Waals surface area contributed by atoms with Crippen molar-refractivity contribution in [1.82, 2.24) is 15.0 Å². The van der Waals surface area contributed by atoms with Gasteiger partial charge in [0.15, 0.2) is 6.29 Å². The van der Waals surface area contributed by atoms with E-state index in [4.69, 9.17) is 9.47 Å². The van der Waals surface area contributed by atoms with Crippen molar-refractivity contribution < 1.29 is 36.8 Å². The molecule has 152 valence electrons. The van der Waals surface area contributed by atoms with Crippen molar-refractivity contribution in [2.24, 2.45) is 0 Å². The molecule has 1 amide bonds. The average molecular weight is 401 g/mol. The molecule has 1 aromatic heterocycles. The van der Waals surface area contributed by atoms with E-state index in [9.17, 15) is 22.8 Å². The van der Waals surface area contributed by atoms with Crippen LogP contribution in [0.3, 0.4) is 0 Å². The molecule has 0 saturated heterocycles. The molecule has 0 atom stereocenters. The van der Waals surface area contributed by atoms with Crippen molar-refractivity contribution in [1.29, 1.82) is 0 Å². The van der Waals surface area contributed by atoms with E-state index in [1.54, 1.807) is 0 Å². The second-order valence-electron chi connectivity index (χ2n) is 5.80. The number of likely N-dealkylation sites (N-methyl/N-ethyl adjacent to an activating group) is 1. The Kier molecular flexibility index (Phi) is 6.86. The highest BCUT2D eigenvalue weighted by Gasteiger charge is 2.38. The van der Waals surface area contributed by atoms with Gasteiger partial charge in [0.1, 0.15) is 0 Å². The number of aromatic nitrogens is 2. The molecule has 1 heterocycles. The molecule has 0 saturated carbocycles. The van der Waals surface area contributed by atoms with Crippen molar-refractivity contribution in [3.05, 3.63) is 35.7 Å². The Bertz CT molecular complexity index is 816. The maximum atomic E-state index is 12.5. The van der Waals surface area contributed by atoms with Gasteiger partial charge in [0.25, 0.3) is 5.91 Å². The van der Waals surface area contributed by atoms with E-state index in [1.165, 1.54) is 50.4 Å². The van der Waals surface area contributed by atoms with E-state index in [1.807, 2.05) is 0 Å². The summed E-state index contributed by atoms with van der Waals surface area (Å²) in [5, 5.41) is 3.28. The van der Waals surface area contributed by atoms with Crippen molar-refractivity contribution in [2.75, 3.05) is 27.8 Å². The van der Waals surface area contributed by atoms with Gasteiger partial charge in [-0.25, -0.2) is 0 Å². The average Bonchev–Trinajstić information content (AvgIpc) is 3.16. The van der Waals surface area contributed by atoms with E-state index in [-0.39, 0.29) is 24.4 Å². The highest BCUT2D eigenvalue weighted by Crippen LogP contribution is 2.29. The Morgan fingerprint density at radius 3 is 2.29 bits per heavy atom. The molecule has 0 aliphatic rings. The van der Waals surface area contributed by atoms with Crippen LogP contribution in [0.4, 0.5) is 13.2 Å². The van der Waals surface area contributed by atoms with Gasteiger partial charge in [0.05, 0.1) is 6.54 Å². The minimum Gasteiger partial charge on any atom is -0.354 e. The molecule has 0 radical (unpaired) electrons. The van der Waals surface area contributed by atoms with Crippen LogP contribution < -0.4 is 0 Å². The number of hydrogen-bond acceptors (Lipinski definition) is 7. The lowest BCUT2D eigenvalue weighted by atomic mass is 10.1.